The third-order valence-electron chi connectivity index (χ3n) is 4.32. The van der Waals surface area contributed by atoms with E-state index in [4.69, 9.17) is 14.2 Å². The van der Waals surface area contributed by atoms with Crippen molar-refractivity contribution in [1.82, 2.24) is 0 Å². The predicted octanol–water partition coefficient (Wildman–Crippen LogP) is 3.03. The number of benzene rings is 2. The smallest absolute Gasteiger partial charge is 0.192 e. The molecule has 4 unspecified atom stereocenters. The molecular weight excluding hydrogens is 334 g/mol. The Morgan fingerprint density at radius 2 is 1.62 bits per heavy atom. The molecule has 0 bridgehead atoms. The Balaban J connectivity index is 1.58. The fourth-order valence-electron chi connectivity index (χ4n) is 2.98. The molecule has 0 aromatic heterocycles. The molecule has 0 spiro atoms. The average molecular weight is 357 g/mol. The zero-order valence-corrected chi connectivity index (χ0v) is 14.4. The molecule has 1 N–H and O–H groups in total. The molecule has 2 aromatic rings. The maximum atomic E-state index is 10.9. The van der Waals surface area contributed by atoms with Crippen molar-refractivity contribution in [2.45, 2.75) is 44.2 Å². The molecule has 1 aliphatic rings. The summed E-state index contributed by atoms with van der Waals surface area (Å²) in [6.07, 6.45) is -2.73. The zero-order chi connectivity index (χ0) is 18.2. The van der Waals surface area contributed by atoms with Crippen LogP contribution in [0.2, 0.25) is 0 Å². The summed E-state index contributed by atoms with van der Waals surface area (Å²) < 4.78 is 17.3. The molecular formula is C20H23NO5. The summed E-state index contributed by atoms with van der Waals surface area (Å²) in [4.78, 5) is 10.9. The van der Waals surface area contributed by atoms with Crippen molar-refractivity contribution in [3.05, 3.63) is 76.7 Å². The van der Waals surface area contributed by atoms with Crippen LogP contribution >= 0.6 is 0 Å². The van der Waals surface area contributed by atoms with E-state index in [2.05, 4.69) is 5.18 Å². The molecule has 1 heterocycles. The van der Waals surface area contributed by atoms with Crippen molar-refractivity contribution < 1.29 is 19.3 Å². The van der Waals surface area contributed by atoms with E-state index in [0.29, 0.717) is 13.2 Å². The van der Waals surface area contributed by atoms with Crippen LogP contribution in [-0.4, -0.2) is 36.3 Å². The lowest BCUT2D eigenvalue weighted by Crippen LogP contribution is -2.51. The molecule has 0 aliphatic carbocycles. The highest BCUT2D eigenvalue weighted by atomic mass is 16.6. The Morgan fingerprint density at radius 1 is 1.00 bits per heavy atom. The van der Waals surface area contributed by atoms with Gasteiger partial charge in [-0.05, 0) is 16.3 Å². The lowest BCUT2D eigenvalue weighted by atomic mass is 10.0. The van der Waals surface area contributed by atoms with Gasteiger partial charge in [0.2, 0.25) is 0 Å². The summed E-state index contributed by atoms with van der Waals surface area (Å²) in [5, 5.41) is 13.3. The van der Waals surface area contributed by atoms with Crippen LogP contribution in [0, 0.1) is 4.91 Å². The SMILES string of the molecule is O=NC1CC(O)C(OCc2ccccc2)C(COCc2ccccc2)O1. The maximum Gasteiger partial charge on any atom is 0.192 e. The van der Waals surface area contributed by atoms with Crippen molar-refractivity contribution in [2.75, 3.05) is 6.61 Å². The van der Waals surface area contributed by atoms with E-state index in [-0.39, 0.29) is 13.0 Å². The fraction of sp³-hybridized carbons (Fsp3) is 0.400. The van der Waals surface area contributed by atoms with Crippen LogP contribution in [0.1, 0.15) is 17.5 Å². The Kier molecular flexibility index (Phi) is 6.85. The van der Waals surface area contributed by atoms with Gasteiger partial charge < -0.3 is 19.3 Å². The van der Waals surface area contributed by atoms with Crippen molar-refractivity contribution in [3.63, 3.8) is 0 Å². The topological polar surface area (TPSA) is 77.4 Å². The molecule has 0 radical (unpaired) electrons. The van der Waals surface area contributed by atoms with Gasteiger partial charge in [0.15, 0.2) is 6.23 Å². The summed E-state index contributed by atoms with van der Waals surface area (Å²) in [5.74, 6) is 0. The first kappa shape index (κ1) is 18.7. The summed E-state index contributed by atoms with van der Waals surface area (Å²) in [5.41, 5.74) is 2.04. The van der Waals surface area contributed by atoms with Crippen LogP contribution in [0.3, 0.4) is 0 Å². The van der Waals surface area contributed by atoms with Crippen LogP contribution in [0.5, 0.6) is 0 Å². The number of hydrogen-bond donors (Lipinski definition) is 1. The molecule has 3 rings (SSSR count). The molecule has 1 saturated heterocycles. The second kappa shape index (κ2) is 9.54. The highest BCUT2D eigenvalue weighted by Gasteiger charge is 2.39. The van der Waals surface area contributed by atoms with Crippen LogP contribution in [0.4, 0.5) is 0 Å². The molecule has 138 valence electrons. The number of aliphatic hydroxyl groups excluding tert-OH is 1. The van der Waals surface area contributed by atoms with E-state index >= 15 is 0 Å². The van der Waals surface area contributed by atoms with Crippen molar-refractivity contribution in [3.8, 4) is 0 Å². The van der Waals surface area contributed by atoms with Gasteiger partial charge in [0.05, 0.1) is 25.9 Å². The van der Waals surface area contributed by atoms with Crippen molar-refractivity contribution in [1.29, 1.82) is 0 Å². The Morgan fingerprint density at radius 3 is 2.23 bits per heavy atom. The number of ether oxygens (including phenoxy) is 3. The van der Waals surface area contributed by atoms with Gasteiger partial charge in [0.25, 0.3) is 0 Å². The lowest BCUT2D eigenvalue weighted by Gasteiger charge is -2.37. The van der Waals surface area contributed by atoms with Gasteiger partial charge in [-0.15, -0.1) is 4.91 Å². The van der Waals surface area contributed by atoms with Crippen LogP contribution in [0.15, 0.2) is 65.8 Å². The molecule has 6 heteroatoms. The minimum atomic E-state index is -0.882. The van der Waals surface area contributed by atoms with Crippen LogP contribution in [0.25, 0.3) is 0 Å². The largest absolute Gasteiger partial charge is 0.390 e. The van der Waals surface area contributed by atoms with Gasteiger partial charge in [-0.2, -0.15) is 0 Å². The molecule has 4 atom stereocenters. The van der Waals surface area contributed by atoms with E-state index in [0.717, 1.165) is 11.1 Å². The maximum absolute atomic E-state index is 10.9. The third kappa shape index (κ3) is 5.19. The molecule has 1 aliphatic heterocycles. The van der Waals surface area contributed by atoms with Gasteiger partial charge >= 0.3 is 0 Å². The number of nitroso groups, excluding NO2 is 1. The van der Waals surface area contributed by atoms with Gasteiger partial charge in [-0.25, -0.2) is 0 Å². The third-order valence-corrected chi connectivity index (χ3v) is 4.32. The monoisotopic (exact) mass is 357 g/mol. The number of nitrogens with zero attached hydrogens (tertiary/aromatic N) is 1. The van der Waals surface area contributed by atoms with Gasteiger partial charge in [0, 0.05) is 6.42 Å². The molecule has 1 fully saturated rings. The molecule has 0 amide bonds. The number of rotatable bonds is 8. The second-order valence-electron chi connectivity index (χ2n) is 6.30. The van der Waals surface area contributed by atoms with Gasteiger partial charge in [-0.1, -0.05) is 60.7 Å². The van der Waals surface area contributed by atoms with E-state index < -0.39 is 24.5 Å². The quantitative estimate of drug-likeness (QED) is 0.735. The van der Waals surface area contributed by atoms with E-state index in [9.17, 15) is 10.0 Å². The highest BCUT2D eigenvalue weighted by Crippen LogP contribution is 2.25. The second-order valence-corrected chi connectivity index (χ2v) is 6.30. The minimum absolute atomic E-state index is 0.123. The number of hydrogen-bond acceptors (Lipinski definition) is 6. The van der Waals surface area contributed by atoms with Crippen molar-refractivity contribution >= 4 is 0 Å². The molecule has 2 aromatic carbocycles. The predicted molar refractivity (Wildman–Crippen MR) is 96.2 cm³/mol. The summed E-state index contributed by atoms with van der Waals surface area (Å²) in [6.45, 7) is 0.971. The first-order valence-electron chi connectivity index (χ1n) is 8.69. The highest BCUT2D eigenvalue weighted by molar-refractivity contribution is 5.14. The average Bonchev–Trinajstić information content (AvgIpc) is 2.68. The minimum Gasteiger partial charge on any atom is -0.390 e. The number of aliphatic hydroxyl groups is 1. The standard InChI is InChI=1S/C20H23NO5/c22-17-11-19(21-23)26-18(14-24-12-15-7-3-1-4-8-15)20(17)25-13-16-9-5-2-6-10-16/h1-10,17-20,22H,11-14H2. The zero-order valence-electron chi connectivity index (χ0n) is 14.4. The van der Waals surface area contributed by atoms with E-state index in [1.807, 2.05) is 60.7 Å². The summed E-state index contributed by atoms with van der Waals surface area (Å²) in [6, 6.07) is 19.5. The first-order chi connectivity index (χ1) is 12.8. The van der Waals surface area contributed by atoms with Crippen LogP contribution in [-0.2, 0) is 27.4 Å². The van der Waals surface area contributed by atoms with Crippen LogP contribution < -0.4 is 0 Å². The fourth-order valence-corrected chi connectivity index (χ4v) is 2.98. The molecule has 0 saturated carbocycles. The molecule has 26 heavy (non-hydrogen) atoms. The lowest BCUT2D eigenvalue weighted by molar-refractivity contribution is -0.205. The van der Waals surface area contributed by atoms with E-state index in [1.54, 1.807) is 0 Å². The molecule has 6 nitrogen and oxygen atoms in total. The van der Waals surface area contributed by atoms with Gasteiger partial charge in [-0.3, -0.25) is 0 Å². The Labute approximate surface area is 152 Å². The van der Waals surface area contributed by atoms with Crippen molar-refractivity contribution in [2.24, 2.45) is 5.18 Å². The first-order valence-corrected chi connectivity index (χ1v) is 8.69. The summed E-state index contributed by atoms with van der Waals surface area (Å²) in [7, 11) is 0. The van der Waals surface area contributed by atoms with Gasteiger partial charge in [0.1, 0.15) is 12.2 Å². The summed E-state index contributed by atoms with van der Waals surface area (Å²) >= 11 is 0. The van der Waals surface area contributed by atoms with E-state index in [1.165, 1.54) is 0 Å². The Hall–Kier alpha value is -2.12. The normalized spacial score (nSPS) is 25.7. The Bertz CT molecular complexity index is 666.